The number of hydrogen-bond donors (Lipinski definition) is 2. The van der Waals surface area contributed by atoms with Gasteiger partial charge in [-0.3, -0.25) is 4.79 Å². The van der Waals surface area contributed by atoms with Crippen LogP contribution in [0, 0.1) is 0 Å². The van der Waals surface area contributed by atoms with Gasteiger partial charge in [0.05, 0.1) is 26.5 Å². The summed E-state index contributed by atoms with van der Waals surface area (Å²) in [5, 5.41) is 6.19. The Bertz CT molecular complexity index is 944. The van der Waals surface area contributed by atoms with Gasteiger partial charge in [-0.1, -0.05) is 23.2 Å². The van der Waals surface area contributed by atoms with Gasteiger partial charge in [0.1, 0.15) is 4.90 Å². The van der Waals surface area contributed by atoms with Crippen molar-refractivity contribution in [1.82, 2.24) is 0 Å². The fraction of sp³-hybridized carbons (Fsp3) is 0.235. The van der Waals surface area contributed by atoms with E-state index in [2.05, 4.69) is 10.6 Å². The molecule has 0 aliphatic carbocycles. The van der Waals surface area contributed by atoms with Crippen molar-refractivity contribution in [2.75, 3.05) is 37.7 Å². The lowest BCUT2D eigenvalue weighted by Gasteiger charge is -2.16. The van der Waals surface area contributed by atoms with Crippen LogP contribution in [-0.4, -0.2) is 41.3 Å². The highest BCUT2D eigenvalue weighted by molar-refractivity contribution is 7.91. The summed E-state index contributed by atoms with van der Waals surface area (Å²) in [4.78, 5) is 12.1. The van der Waals surface area contributed by atoms with Crippen LogP contribution in [0.2, 0.25) is 10.0 Å². The number of sulfone groups is 1. The van der Waals surface area contributed by atoms with Crippen LogP contribution < -0.4 is 20.1 Å². The topological polar surface area (TPSA) is 93.7 Å². The Kier molecular flexibility index (Phi) is 6.80. The highest BCUT2D eigenvalue weighted by Crippen LogP contribution is 2.39. The van der Waals surface area contributed by atoms with Gasteiger partial charge < -0.3 is 20.1 Å². The lowest BCUT2D eigenvalue weighted by Crippen LogP contribution is -2.22. The summed E-state index contributed by atoms with van der Waals surface area (Å²) in [5.41, 5.74) is 0.643. The van der Waals surface area contributed by atoms with Gasteiger partial charge in [-0.25, -0.2) is 8.42 Å². The molecule has 0 aromatic heterocycles. The van der Waals surface area contributed by atoms with Crippen LogP contribution in [0.1, 0.15) is 0 Å². The average molecular weight is 433 g/mol. The molecular formula is C17H18Cl2N2O5S. The first kappa shape index (κ1) is 21.1. The van der Waals surface area contributed by atoms with E-state index in [9.17, 15) is 13.2 Å². The summed E-state index contributed by atoms with van der Waals surface area (Å²) in [6, 6.07) is 7.68. The van der Waals surface area contributed by atoms with Crippen LogP contribution in [0.4, 0.5) is 11.4 Å². The van der Waals surface area contributed by atoms with Crippen LogP contribution in [-0.2, 0) is 14.6 Å². The third-order valence-corrected chi connectivity index (χ3v) is 5.04. The molecule has 0 fully saturated rings. The van der Waals surface area contributed by atoms with Gasteiger partial charge in [0.2, 0.25) is 5.91 Å². The minimum absolute atomic E-state index is 0.0621. The maximum Gasteiger partial charge on any atom is 0.243 e. The molecule has 2 aromatic rings. The Morgan fingerprint density at radius 2 is 1.70 bits per heavy atom. The maximum atomic E-state index is 12.2. The van der Waals surface area contributed by atoms with E-state index in [0.29, 0.717) is 15.7 Å². The van der Waals surface area contributed by atoms with Gasteiger partial charge in [-0.15, -0.1) is 0 Å². The third-order valence-electron chi connectivity index (χ3n) is 3.46. The maximum absolute atomic E-state index is 12.2. The molecule has 2 aromatic carbocycles. The van der Waals surface area contributed by atoms with E-state index in [1.807, 2.05) is 0 Å². The van der Waals surface area contributed by atoms with Crippen molar-refractivity contribution in [1.29, 1.82) is 0 Å². The third kappa shape index (κ3) is 5.41. The molecule has 2 rings (SSSR count). The van der Waals surface area contributed by atoms with Gasteiger partial charge in [0.25, 0.3) is 0 Å². The van der Waals surface area contributed by atoms with E-state index in [1.165, 1.54) is 20.3 Å². The van der Waals surface area contributed by atoms with Crippen LogP contribution in [0.25, 0.3) is 0 Å². The molecule has 27 heavy (non-hydrogen) atoms. The average Bonchev–Trinajstić information content (AvgIpc) is 2.57. The first-order valence-electron chi connectivity index (χ1n) is 7.60. The molecule has 0 radical (unpaired) electrons. The standard InChI is InChI=1S/C17H18Cl2N2O5S/c1-25-14-5-4-13(17(16(14)26-2)27(3,23)24)20-9-15(22)21-12-7-10(18)6-11(19)8-12/h4-8,20H,9H2,1-3H3,(H,21,22). The molecule has 146 valence electrons. The lowest BCUT2D eigenvalue weighted by atomic mass is 10.2. The summed E-state index contributed by atoms with van der Waals surface area (Å²) >= 11 is 11.8. The molecule has 0 bridgehead atoms. The Morgan fingerprint density at radius 3 is 2.22 bits per heavy atom. The molecule has 0 spiro atoms. The zero-order valence-electron chi connectivity index (χ0n) is 14.8. The number of carbonyl (C=O) groups excluding carboxylic acids is 1. The molecule has 0 saturated heterocycles. The van der Waals surface area contributed by atoms with E-state index < -0.39 is 15.7 Å². The smallest absolute Gasteiger partial charge is 0.243 e. The summed E-state index contributed by atoms with van der Waals surface area (Å²) < 4.78 is 34.7. The molecule has 0 saturated carbocycles. The van der Waals surface area contributed by atoms with E-state index in [1.54, 1.807) is 24.3 Å². The first-order valence-corrected chi connectivity index (χ1v) is 10.2. The Labute approximate surface area is 167 Å². The second-order valence-electron chi connectivity index (χ2n) is 5.51. The van der Waals surface area contributed by atoms with Crippen molar-refractivity contribution >= 4 is 50.3 Å². The molecule has 2 N–H and O–H groups in total. The zero-order chi connectivity index (χ0) is 20.2. The zero-order valence-corrected chi connectivity index (χ0v) is 17.1. The van der Waals surface area contributed by atoms with Crippen molar-refractivity contribution in [2.24, 2.45) is 0 Å². The molecule has 0 aliphatic heterocycles. The van der Waals surface area contributed by atoms with Crippen molar-refractivity contribution in [2.45, 2.75) is 4.90 Å². The molecule has 7 nitrogen and oxygen atoms in total. The van der Waals surface area contributed by atoms with Crippen LogP contribution in [0.3, 0.4) is 0 Å². The van der Waals surface area contributed by atoms with Crippen molar-refractivity contribution in [3.8, 4) is 11.5 Å². The Hall–Kier alpha value is -2.16. The number of carbonyl (C=O) groups is 1. The monoisotopic (exact) mass is 432 g/mol. The number of anilines is 2. The molecule has 10 heteroatoms. The fourth-order valence-electron chi connectivity index (χ4n) is 2.41. The largest absolute Gasteiger partial charge is 0.493 e. The number of hydrogen-bond acceptors (Lipinski definition) is 6. The number of benzene rings is 2. The van der Waals surface area contributed by atoms with Gasteiger partial charge in [0.15, 0.2) is 21.3 Å². The van der Waals surface area contributed by atoms with E-state index in [0.717, 1.165) is 6.26 Å². The van der Waals surface area contributed by atoms with Gasteiger partial charge in [-0.2, -0.15) is 0 Å². The number of rotatable bonds is 7. The SMILES string of the molecule is COc1ccc(NCC(=O)Nc2cc(Cl)cc(Cl)c2)c(S(C)(=O)=O)c1OC. The predicted octanol–water partition coefficient (Wildman–Crippen LogP) is 3.46. The van der Waals surface area contributed by atoms with Gasteiger partial charge >= 0.3 is 0 Å². The van der Waals surface area contributed by atoms with Crippen LogP contribution in [0.5, 0.6) is 11.5 Å². The number of amides is 1. The second-order valence-corrected chi connectivity index (χ2v) is 8.34. The highest BCUT2D eigenvalue weighted by atomic mass is 35.5. The number of halogens is 2. The second kappa shape index (κ2) is 8.69. The van der Waals surface area contributed by atoms with Crippen molar-refractivity contribution < 1.29 is 22.7 Å². The summed E-state index contributed by atoms with van der Waals surface area (Å²) in [5.74, 6) is -0.0869. The first-order chi connectivity index (χ1) is 12.7. The Balaban J connectivity index is 2.23. The van der Waals surface area contributed by atoms with E-state index in [-0.39, 0.29) is 28.6 Å². The minimum atomic E-state index is -3.66. The quantitative estimate of drug-likeness (QED) is 0.695. The number of nitrogens with one attached hydrogen (secondary N) is 2. The molecule has 0 aliphatic rings. The predicted molar refractivity (Wildman–Crippen MR) is 106 cm³/mol. The summed E-state index contributed by atoms with van der Waals surface area (Å²) in [6.07, 6.45) is 1.05. The van der Waals surface area contributed by atoms with E-state index >= 15 is 0 Å². The highest BCUT2D eigenvalue weighted by Gasteiger charge is 2.23. The molecule has 0 unspecified atom stereocenters. The molecule has 0 atom stereocenters. The van der Waals surface area contributed by atoms with Crippen LogP contribution in [0.15, 0.2) is 35.2 Å². The van der Waals surface area contributed by atoms with E-state index in [4.69, 9.17) is 32.7 Å². The summed E-state index contributed by atoms with van der Waals surface area (Å²) in [6.45, 7) is -0.192. The Morgan fingerprint density at radius 1 is 1.07 bits per heavy atom. The van der Waals surface area contributed by atoms with Crippen molar-refractivity contribution in [3.63, 3.8) is 0 Å². The van der Waals surface area contributed by atoms with Gasteiger partial charge in [-0.05, 0) is 30.3 Å². The number of methoxy groups -OCH3 is 2. The molecule has 1 amide bonds. The van der Waals surface area contributed by atoms with Gasteiger partial charge in [0, 0.05) is 22.0 Å². The fourth-order valence-corrected chi connectivity index (χ4v) is 4.00. The molecular weight excluding hydrogens is 415 g/mol. The summed E-state index contributed by atoms with van der Waals surface area (Å²) in [7, 11) is -0.918. The van der Waals surface area contributed by atoms with Crippen LogP contribution >= 0.6 is 23.2 Å². The normalized spacial score (nSPS) is 11.0. The van der Waals surface area contributed by atoms with Crippen molar-refractivity contribution in [3.05, 3.63) is 40.4 Å². The lowest BCUT2D eigenvalue weighted by molar-refractivity contribution is -0.114. The number of ether oxygens (including phenoxy) is 2. The minimum Gasteiger partial charge on any atom is -0.493 e. The molecule has 0 heterocycles.